The molecule has 0 saturated carbocycles. The van der Waals surface area contributed by atoms with Crippen molar-refractivity contribution in [3.63, 3.8) is 0 Å². The number of aromatic nitrogens is 2. The molecule has 0 fully saturated rings. The lowest BCUT2D eigenvalue weighted by molar-refractivity contribution is 0.102. The van der Waals surface area contributed by atoms with Crippen LogP contribution in [0.4, 0.5) is 4.39 Å². The Morgan fingerprint density at radius 2 is 1.90 bits per heavy atom. The molecule has 0 N–H and O–H groups in total. The van der Waals surface area contributed by atoms with Gasteiger partial charge in [0.25, 0.3) is 11.1 Å². The van der Waals surface area contributed by atoms with Crippen molar-refractivity contribution in [3.8, 4) is 5.75 Å². The molecule has 1 aliphatic rings. The predicted octanol–water partition coefficient (Wildman–Crippen LogP) is 5.20. The quantitative estimate of drug-likeness (QED) is 0.392. The number of fused-ring (bicyclic) bond motifs is 1. The van der Waals surface area contributed by atoms with Crippen molar-refractivity contribution < 1.29 is 18.3 Å². The molecule has 0 amide bonds. The molecule has 1 aliphatic carbocycles. The van der Waals surface area contributed by atoms with Crippen LogP contribution >= 0.6 is 11.8 Å². The number of aryl methyl sites for hydroxylation is 2. The molecule has 0 spiro atoms. The van der Waals surface area contributed by atoms with Gasteiger partial charge in [-0.1, -0.05) is 23.9 Å². The van der Waals surface area contributed by atoms with Crippen molar-refractivity contribution in [2.24, 2.45) is 0 Å². The zero-order valence-corrected chi connectivity index (χ0v) is 16.9. The first-order valence-electron chi connectivity index (χ1n) is 9.62. The Balaban J connectivity index is 1.34. The lowest BCUT2D eigenvalue weighted by atomic mass is 9.90. The molecule has 1 atom stereocenters. The fraction of sp³-hybridized carbons (Fsp3) is 0.318. The summed E-state index contributed by atoms with van der Waals surface area (Å²) in [6.07, 6.45) is 4.06. The van der Waals surface area contributed by atoms with Crippen LogP contribution in [-0.4, -0.2) is 21.7 Å². The minimum Gasteiger partial charge on any atom is -0.481 e. The van der Waals surface area contributed by atoms with Gasteiger partial charge in [-0.3, -0.25) is 4.79 Å². The molecule has 2 aromatic carbocycles. The molecule has 0 bridgehead atoms. The zero-order chi connectivity index (χ0) is 20.2. The first-order chi connectivity index (χ1) is 14.1. The number of hydrogen-bond acceptors (Lipinski definition) is 6. The number of ketones is 1. The van der Waals surface area contributed by atoms with E-state index in [1.165, 1.54) is 60.0 Å². The Morgan fingerprint density at radius 1 is 1.14 bits per heavy atom. The van der Waals surface area contributed by atoms with E-state index in [0.717, 1.165) is 18.4 Å². The first kappa shape index (κ1) is 19.6. The van der Waals surface area contributed by atoms with Crippen LogP contribution in [0, 0.1) is 5.82 Å². The van der Waals surface area contributed by atoms with E-state index in [0.29, 0.717) is 16.9 Å². The van der Waals surface area contributed by atoms with Crippen molar-refractivity contribution in [3.05, 3.63) is 70.9 Å². The molecule has 1 unspecified atom stereocenters. The average molecular weight is 412 g/mol. The van der Waals surface area contributed by atoms with Crippen molar-refractivity contribution in [2.75, 3.05) is 5.75 Å². The van der Waals surface area contributed by atoms with Gasteiger partial charge in [-0.05, 0) is 74.1 Å². The molecule has 5 nitrogen and oxygen atoms in total. The minimum atomic E-state index is -0.487. The molecule has 4 rings (SSSR count). The van der Waals surface area contributed by atoms with Gasteiger partial charge >= 0.3 is 0 Å². The first-order valence-corrected chi connectivity index (χ1v) is 10.6. The summed E-state index contributed by atoms with van der Waals surface area (Å²) in [6, 6.07) is 11.7. The molecule has 1 aromatic heterocycles. The molecule has 1 heterocycles. The smallest absolute Gasteiger partial charge is 0.277 e. The van der Waals surface area contributed by atoms with Crippen LogP contribution in [0.5, 0.6) is 5.75 Å². The summed E-state index contributed by atoms with van der Waals surface area (Å²) >= 11 is 1.21. The molecular weight excluding hydrogens is 391 g/mol. The van der Waals surface area contributed by atoms with Gasteiger partial charge in [-0.15, -0.1) is 10.2 Å². The Bertz CT molecular complexity index is 1000. The fourth-order valence-corrected chi connectivity index (χ4v) is 3.99. The van der Waals surface area contributed by atoms with E-state index in [2.05, 4.69) is 16.3 Å². The topological polar surface area (TPSA) is 65.2 Å². The minimum absolute atomic E-state index is 0.0405. The Labute approximate surface area is 172 Å². The normalized spacial score (nSPS) is 14.3. The molecular formula is C22H21FN2O3S. The number of ether oxygens (including phenoxy) is 1. The number of Topliss-reactive ketones (excluding diaryl/α,β-unsaturated/α-hetero) is 1. The maximum Gasteiger partial charge on any atom is 0.277 e. The summed E-state index contributed by atoms with van der Waals surface area (Å²) in [5.41, 5.74) is 3.38. The highest BCUT2D eigenvalue weighted by Crippen LogP contribution is 2.26. The SMILES string of the molecule is CC(Oc1ccc(F)cc1)c1nnc(SCC(=O)c2ccc3c(c2)CCCC3)o1. The van der Waals surface area contributed by atoms with E-state index >= 15 is 0 Å². The third kappa shape index (κ3) is 4.85. The van der Waals surface area contributed by atoms with E-state index in [4.69, 9.17) is 9.15 Å². The zero-order valence-electron chi connectivity index (χ0n) is 16.1. The van der Waals surface area contributed by atoms with Crippen LogP contribution < -0.4 is 4.74 Å². The molecule has 150 valence electrons. The summed E-state index contributed by atoms with van der Waals surface area (Å²) in [6.45, 7) is 1.77. The molecule has 7 heteroatoms. The molecule has 29 heavy (non-hydrogen) atoms. The summed E-state index contributed by atoms with van der Waals surface area (Å²) in [7, 11) is 0. The van der Waals surface area contributed by atoms with E-state index < -0.39 is 6.10 Å². The summed E-state index contributed by atoms with van der Waals surface area (Å²) < 4.78 is 24.3. The molecule has 3 aromatic rings. The number of hydrogen-bond donors (Lipinski definition) is 0. The maximum absolute atomic E-state index is 13.0. The highest BCUT2D eigenvalue weighted by atomic mass is 32.2. The van der Waals surface area contributed by atoms with E-state index in [9.17, 15) is 9.18 Å². The average Bonchev–Trinajstić information content (AvgIpc) is 3.22. The fourth-order valence-electron chi connectivity index (χ4n) is 3.33. The van der Waals surface area contributed by atoms with Gasteiger partial charge in [0, 0.05) is 5.56 Å². The van der Waals surface area contributed by atoms with Crippen molar-refractivity contribution >= 4 is 17.5 Å². The van der Waals surface area contributed by atoms with Crippen LogP contribution in [0.2, 0.25) is 0 Å². The Morgan fingerprint density at radius 3 is 2.69 bits per heavy atom. The van der Waals surface area contributed by atoms with Crippen molar-refractivity contribution in [1.82, 2.24) is 10.2 Å². The second kappa shape index (κ2) is 8.78. The van der Waals surface area contributed by atoms with Gasteiger partial charge < -0.3 is 9.15 Å². The molecule has 0 saturated heterocycles. The van der Waals surface area contributed by atoms with Gasteiger partial charge in [0.2, 0.25) is 0 Å². The summed E-state index contributed by atoms with van der Waals surface area (Å²) in [5, 5.41) is 8.29. The largest absolute Gasteiger partial charge is 0.481 e. The number of rotatable bonds is 7. The predicted molar refractivity (Wildman–Crippen MR) is 108 cm³/mol. The highest BCUT2D eigenvalue weighted by Gasteiger charge is 2.18. The lowest BCUT2D eigenvalue weighted by Crippen LogP contribution is -2.07. The van der Waals surface area contributed by atoms with E-state index in [-0.39, 0.29) is 17.4 Å². The van der Waals surface area contributed by atoms with Crippen LogP contribution in [0.15, 0.2) is 52.1 Å². The summed E-state index contributed by atoms with van der Waals surface area (Å²) in [4.78, 5) is 12.5. The van der Waals surface area contributed by atoms with Crippen LogP contribution in [0.1, 0.15) is 53.2 Å². The van der Waals surface area contributed by atoms with Gasteiger partial charge in [0.1, 0.15) is 11.6 Å². The van der Waals surface area contributed by atoms with Crippen LogP contribution in [0.3, 0.4) is 0 Å². The van der Waals surface area contributed by atoms with Gasteiger partial charge in [0.05, 0.1) is 5.75 Å². The van der Waals surface area contributed by atoms with Gasteiger partial charge in [-0.25, -0.2) is 4.39 Å². The highest BCUT2D eigenvalue weighted by molar-refractivity contribution is 7.99. The third-order valence-corrected chi connectivity index (χ3v) is 5.71. The third-order valence-electron chi connectivity index (χ3n) is 4.89. The van der Waals surface area contributed by atoms with Gasteiger partial charge in [-0.2, -0.15) is 0 Å². The molecule has 0 aliphatic heterocycles. The maximum atomic E-state index is 13.0. The second-order valence-electron chi connectivity index (χ2n) is 7.02. The number of benzene rings is 2. The van der Waals surface area contributed by atoms with Crippen LogP contribution in [0.25, 0.3) is 0 Å². The van der Waals surface area contributed by atoms with Crippen LogP contribution in [-0.2, 0) is 12.8 Å². The number of thioether (sulfide) groups is 1. The standard InChI is InChI=1S/C22H21FN2O3S/c1-14(27-19-10-8-18(23)9-11-19)21-24-25-22(28-21)29-13-20(26)17-7-6-15-4-2-3-5-16(15)12-17/h6-12,14H,2-5,13H2,1H3. The number of nitrogens with zero attached hydrogens (tertiary/aromatic N) is 2. The van der Waals surface area contributed by atoms with E-state index in [1.807, 2.05) is 12.1 Å². The lowest BCUT2D eigenvalue weighted by Gasteiger charge is -2.16. The van der Waals surface area contributed by atoms with Gasteiger partial charge in [0.15, 0.2) is 11.9 Å². The monoisotopic (exact) mass is 412 g/mol. The summed E-state index contributed by atoms with van der Waals surface area (Å²) in [5.74, 6) is 0.754. The number of carbonyl (C=O) groups is 1. The van der Waals surface area contributed by atoms with Crippen molar-refractivity contribution in [1.29, 1.82) is 0 Å². The van der Waals surface area contributed by atoms with E-state index in [1.54, 1.807) is 6.92 Å². The Hall–Kier alpha value is -2.67. The van der Waals surface area contributed by atoms with Crippen molar-refractivity contribution in [2.45, 2.75) is 43.9 Å². The molecule has 0 radical (unpaired) electrons. The second-order valence-corrected chi connectivity index (χ2v) is 7.95. The number of carbonyl (C=O) groups excluding carboxylic acids is 1. The Kier molecular flexibility index (Phi) is 5.94. The number of halogens is 1.